The SMILES string of the molecule is Nc1cc(Cl)ccc1C(=O)c1c[nH]c2c(Cl)cccc12. The van der Waals surface area contributed by atoms with Gasteiger partial charge < -0.3 is 10.7 Å². The minimum atomic E-state index is -0.160. The summed E-state index contributed by atoms with van der Waals surface area (Å²) in [6, 6.07) is 10.3. The highest BCUT2D eigenvalue weighted by molar-refractivity contribution is 6.36. The zero-order valence-corrected chi connectivity index (χ0v) is 11.8. The van der Waals surface area contributed by atoms with Crippen molar-refractivity contribution in [2.24, 2.45) is 0 Å². The molecule has 2 aromatic carbocycles. The van der Waals surface area contributed by atoms with Gasteiger partial charge in [0.15, 0.2) is 5.78 Å². The predicted molar refractivity (Wildman–Crippen MR) is 82.6 cm³/mol. The summed E-state index contributed by atoms with van der Waals surface area (Å²) in [5.41, 5.74) is 7.93. The number of benzene rings is 2. The van der Waals surface area contributed by atoms with E-state index in [0.29, 0.717) is 26.9 Å². The lowest BCUT2D eigenvalue weighted by Crippen LogP contribution is -2.04. The van der Waals surface area contributed by atoms with Gasteiger partial charge in [0.2, 0.25) is 0 Å². The molecule has 0 bridgehead atoms. The molecule has 0 aliphatic carbocycles. The third-order valence-corrected chi connectivity index (χ3v) is 3.72. The lowest BCUT2D eigenvalue weighted by molar-refractivity contribution is 0.104. The average Bonchev–Trinajstić information content (AvgIpc) is 2.83. The van der Waals surface area contributed by atoms with E-state index < -0.39 is 0 Å². The van der Waals surface area contributed by atoms with Gasteiger partial charge in [0.1, 0.15) is 0 Å². The first-order valence-corrected chi connectivity index (χ1v) is 6.69. The summed E-state index contributed by atoms with van der Waals surface area (Å²) in [5.74, 6) is -0.160. The quantitative estimate of drug-likeness (QED) is 0.548. The number of halogens is 2. The van der Waals surface area contributed by atoms with Crippen LogP contribution < -0.4 is 5.73 Å². The van der Waals surface area contributed by atoms with Crippen molar-refractivity contribution in [1.82, 2.24) is 4.98 Å². The maximum absolute atomic E-state index is 12.6. The molecule has 3 rings (SSSR count). The van der Waals surface area contributed by atoms with Crippen LogP contribution in [0, 0.1) is 0 Å². The van der Waals surface area contributed by atoms with Crippen molar-refractivity contribution in [1.29, 1.82) is 0 Å². The second-order valence-electron chi connectivity index (χ2n) is 4.43. The highest BCUT2D eigenvalue weighted by atomic mass is 35.5. The van der Waals surface area contributed by atoms with Gasteiger partial charge in [-0.1, -0.05) is 35.3 Å². The molecule has 0 unspecified atom stereocenters. The van der Waals surface area contributed by atoms with Gasteiger partial charge in [0.25, 0.3) is 0 Å². The fraction of sp³-hybridized carbons (Fsp3) is 0. The van der Waals surface area contributed by atoms with Crippen LogP contribution in [0.2, 0.25) is 10.0 Å². The minimum Gasteiger partial charge on any atom is -0.398 e. The topological polar surface area (TPSA) is 58.9 Å². The minimum absolute atomic E-state index is 0.160. The van der Waals surface area contributed by atoms with Crippen LogP contribution in [0.1, 0.15) is 15.9 Å². The van der Waals surface area contributed by atoms with Gasteiger partial charge >= 0.3 is 0 Å². The van der Waals surface area contributed by atoms with Crippen LogP contribution in [0.25, 0.3) is 10.9 Å². The number of ketones is 1. The molecule has 20 heavy (non-hydrogen) atoms. The van der Waals surface area contributed by atoms with Crippen molar-refractivity contribution in [3.8, 4) is 0 Å². The number of rotatable bonds is 2. The highest BCUT2D eigenvalue weighted by Crippen LogP contribution is 2.28. The Morgan fingerprint density at radius 1 is 1.10 bits per heavy atom. The second kappa shape index (κ2) is 4.85. The number of hydrogen-bond donors (Lipinski definition) is 2. The van der Waals surface area contributed by atoms with E-state index in [1.54, 1.807) is 36.5 Å². The molecule has 0 amide bonds. The van der Waals surface area contributed by atoms with E-state index in [1.165, 1.54) is 0 Å². The van der Waals surface area contributed by atoms with Crippen LogP contribution in [0.4, 0.5) is 5.69 Å². The van der Waals surface area contributed by atoms with Gasteiger partial charge in [-0.25, -0.2) is 0 Å². The molecule has 0 aliphatic rings. The molecular weight excluding hydrogens is 295 g/mol. The van der Waals surface area contributed by atoms with Gasteiger partial charge in [0, 0.05) is 33.4 Å². The van der Waals surface area contributed by atoms with Crippen molar-refractivity contribution >= 4 is 45.6 Å². The number of nitrogens with two attached hydrogens (primary N) is 1. The molecule has 100 valence electrons. The van der Waals surface area contributed by atoms with E-state index >= 15 is 0 Å². The maximum atomic E-state index is 12.6. The third kappa shape index (κ3) is 2.05. The molecule has 0 saturated heterocycles. The van der Waals surface area contributed by atoms with Crippen molar-refractivity contribution in [2.75, 3.05) is 5.73 Å². The van der Waals surface area contributed by atoms with Crippen molar-refractivity contribution in [2.45, 2.75) is 0 Å². The fourth-order valence-electron chi connectivity index (χ4n) is 2.19. The Kier molecular flexibility index (Phi) is 3.16. The number of para-hydroxylation sites is 1. The fourth-order valence-corrected chi connectivity index (χ4v) is 2.60. The van der Waals surface area contributed by atoms with Crippen molar-refractivity contribution in [3.05, 3.63) is 63.8 Å². The van der Waals surface area contributed by atoms with E-state index in [1.807, 2.05) is 6.07 Å². The van der Waals surface area contributed by atoms with E-state index in [2.05, 4.69) is 4.98 Å². The zero-order valence-electron chi connectivity index (χ0n) is 10.3. The molecule has 1 heterocycles. The molecular formula is C15H10Cl2N2O. The second-order valence-corrected chi connectivity index (χ2v) is 5.27. The number of nitrogen functional groups attached to an aromatic ring is 1. The number of fused-ring (bicyclic) bond motifs is 1. The normalized spacial score (nSPS) is 10.9. The Labute approximate surface area is 125 Å². The number of carbonyl (C=O) groups excluding carboxylic acids is 1. The van der Waals surface area contributed by atoms with E-state index in [4.69, 9.17) is 28.9 Å². The molecule has 0 atom stereocenters. The Hall–Kier alpha value is -1.97. The van der Waals surface area contributed by atoms with Crippen LogP contribution in [0.5, 0.6) is 0 Å². The first-order chi connectivity index (χ1) is 9.58. The monoisotopic (exact) mass is 304 g/mol. The lowest BCUT2D eigenvalue weighted by Gasteiger charge is -2.04. The van der Waals surface area contributed by atoms with Crippen molar-refractivity contribution in [3.63, 3.8) is 0 Å². The summed E-state index contributed by atoms with van der Waals surface area (Å²) in [7, 11) is 0. The van der Waals surface area contributed by atoms with Gasteiger partial charge in [-0.3, -0.25) is 4.79 Å². The number of carbonyl (C=O) groups is 1. The summed E-state index contributed by atoms with van der Waals surface area (Å²) in [5, 5.41) is 1.85. The first kappa shape index (κ1) is 13.0. The Morgan fingerprint density at radius 3 is 2.65 bits per heavy atom. The van der Waals surface area contributed by atoms with Gasteiger partial charge in [-0.2, -0.15) is 0 Å². The van der Waals surface area contributed by atoms with Crippen LogP contribution in [-0.2, 0) is 0 Å². The molecule has 0 radical (unpaired) electrons. The van der Waals surface area contributed by atoms with Crippen LogP contribution in [0.15, 0.2) is 42.6 Å². The molecule has 1 aromatic heterocycles. The highest BCUT2D eigenvalue weighted by Gasteiger charge is 2.17. The lowest BCUT2D eigenvalue weighted by atomic mass is 10.0. The summed E-state index contributed by atoms with van der Waals surface area (Å²) >= 11 is 11.9. The molecule has 5 heteroatoms. The van der Waals surface area contributed by atoms with Crippen molar-refractivity contribution < 1.29 is 4.79 Å². The largest absolute Gasteiger partial charge is 0.398 e. The Bertz CT molecular complexity index is 824. The van der Waals surface area contributed by atoms with E-state index in [0.717, 1.165) is 10.9 Å². The molecule has 0 saturated carbocycles. The predicted octanol–water partition coefficient (Wildman–Crippen LogP) is 4.29. The van der Waals surface area contributed by atoms with Gasteiger partial charge in [-0.15, -0.1) is 0 Å². The first-order valence-electron chi connectivity index (χ1n) is 5.93. The van der Waals surface area contributed by atoms with Crippen LogP contribution >= 0.6 is 23.2 Å². The van der Waals surface area contributed by atoms with Crippen LogP contribution in [-0.4, -0.2) is 10.8 Å². The maximum Gasteiger partial charge on any atom is 0.197 e. The summed E-state index contributed by atoms with van der Waals surface area (Å²) in [6.07, 6.45) is 1.65. The molecule has 3 aromatic rings. The van der Waals surface area contributed by atoms with E-state index in [9.17, 15) is 4.79 Å². The standard InChI is InChI=1S/C15H10Cl2N2O/c16-8-4-5-10(13(18)6-8)15(20)11-7-19-14-9(11)2-1-3-12(14)17/h1-7,19H,18H2. The smallest absolute Gasteiger partial charge is 0.197 e. The van der Waals surface area contributed by atoms with Crippen LogP contribution in [0.3, 0.4) is 0 Å². The number of anilines is 1. The summed E-state index contributed by atoms with van der Waals surface area (Å²) < 4.78 is 0. The summed E-state index contributed by atoms with van der Waals surface area (Å²) in [6.45, 7) is 0. The molecule has 0 fully saturated rings. The number of H-pyrrole nitrogens is 1. The van der Waals surface area contributed by atoms with Gasteiger partial charge in [-0.05, 0) is 24.3 Å². The number of nitrogens with one attached hydrogen (secondary N) is 1. The summed E-state index contributed by atoms with van der Waals surface area (Å²) in [4.78, 5) is 15.6. The molecule has 0 spiro atoms. The Balaban J connectivity index is 2.16. The average molecular weight is 305 g/mol. The molecule has 3 N–H and O–H groups in total. The van der Waals surface area contributed by atoms with E-state index in [-0.39, 0.29) is 5.78 Å². The molecule has 0 aliphatic heterocycles. The zero-order chi connectivity index (χ0) is 14.3. The number of hydrogen-bond acceptors (Lipinski definition) is 2. The van der Waals surface area contributed by atoms with Gasteiger partial charge in [0.05, 0.1) is 10.5 Å². The molecule has 3 nitrogen and oxygen atoms in total. The number of aromatic nitrogens is 1. The Morgan fingerprint density at radius 2 is 1.90 bits per heavy atom. The third-order valence-electron chi connectivity index (χ3n) is 3.17. The number of aromatic amines is 1.